The molecule has 0 saturated carbocycles. The summed E-state index contributed by atoms with van der Waals surface area (Å²) in [4.78, 5) is 10.9. The molecule has 0 aliphatic heterocycles. The van der Waals surface area contributed by atoms with Crippen molar-refractivity contribution >= 4 is 39.2 Å². The smallest absolute Gasteiger partial charge is 0.169 e. The molecule has 5 heteroatoms. The molecule has 0 bridgehead atoms. The molecule has 0 N–H and O–H groups in total. The minimum Gasteiger partial charge on any atom is -0.493 e. The summed E-state index contributed by atoms with van der Waals surface area (Å²) in [5.74, 6) is 0.542. The van der Waals surface area contributed by atoms with Crippen LogP contribution in [-0.2, 0) is 0 Å². The first-order valence-corrected chi connectivity index (χ1v) is 4.97. The van der Waals surface area contributed by atoms with Gasteiger partial charge in [0, 0.05) is 0 Å². The van der Waals surface area contributed by atoms with Gasteiger partial charge in [-0.25, -0.2) is 0 Å². The van der Waals surface area contributed by atoms with Gasteiger partial charge in [-0.2, -0.15) is 0 Å². The highest BCUT2D eigenvalue weighted by molar-refractivity contribution is 7.80. The Hall–Kier alpha value is -0.260. The molecule has 0 spiro atoms. The molecule has 10 heavy (non-hydrogen) atoms. The maximum Gasteiger partial charge on any atom is 0.169 e. The molecule has 0 aromatic carbocycles. The Morgan fingerprint density at radius 1 is 1.60 bits per heavy atom. The Balaban J connectivity index is 3.26. The summed E-state index contributed by atoms with van der Waals surface area (Å²) in [6.07, 6.45) is 0.760. The Labute approximate surface area is 70.5 Å². The normalized spacial score (nSPS) is 9.30. The average molecular weight is 192 g/mol. The fraction of sp³-hybridized carbons (Fsp3) is 0.200. The zero-order chi connectivity index (χ0) is 7.56. The lowest BCUT2D eigenvalue weighted by atomic mass is 10.5. The van der Waals surface area contributed by atoms with Gasteiger partial charge in [0.05, 0.1) is 7.11 Å². The molecule has 0 unspecified atom stereocenters. The Bertz CT molecular complexity index is 285. The number of aldehydes is 1. The molecule has 1 aromatic rings. The first-order chi connectivity index (χ1) is 4.79. The zero-order valence-corrected chi connectivity index (χ0v) is 7.57. The van der Waals surface area contributed by atoms with E-state index in [1.54, 1.807) is 0 Å². The topological polar surface area (TPSA) is 26.3 Å². The van der Waals surface area contributed by atoms with Crippen molar-refractivity contribution in [2.24, 2.45) is 0 Å². The molecule has 0 aliphatic rings. The lowest BCUT2D eigenvalue weighted by Crippen LogP contribution is -1.83. The highest BCUT2D eigenvalue weighted by Crippen LogP contribution is 2.29. The number of methoxy groups -OCH3 is 1. The lowest BCUT2D eigenvalue weighted by molar-refractivity contribution is 0.112. The summed E-state index contributed by atoms with van der Waals surface area (Å²) >= 11 is 4.88. The van der Waals surface area contributed by atoms with Crippen LogP contribution in [0.5, 0.6) is 5.75 Å². The van der Waals surface area contributed by atoms with E-state index in [1.807, 2.05) is 0 Å². The van der Waals surface area contributed by atoms with Crippen LogP contribution in [0, 0.1) is 3.82 Å². The number of ether oxygens (including phenoxy) is 1. The molecule has 1 aromatic heterocycles. The van der Waals surface area contributed by atoms with Gasteiger partial charge in [0.25, 0.3) is 0 Å². The second-order valence-electron chi connectivity index (χ2n) is 1.47. The van der Waals surface area contributed by atoms with E-state index >= 15 is 0 Å². The molecule has 1 heterocycles. The van der Waals surface area contributed by atoms with Gasteiger partial charge in [0.1, 0.15) is 8.70 Å². The van der Waals surface area contributed by atoms with Crippen molar-refractivity contribution in [2.45, 2.75) is 0 Å². The van der Waals surface area contributed by atoms with E-state index in [2.05, 4.69) is 0 Å². The SMILES string of the molecule is COc1c(C=O)ssc1=S. The molecule has 0 fully saturated rings. The third-order valence-corrected chi connectivity index (χ3v) is 3.85. The summed E-state index contributed by atoms with van der Waals surface area (Å²) in [6, 6.07) is 0. The maximum absolute atomic E-state index is 10.3. The lowest BCUT2D eigenvalue weighted by Gasteiger charge is -1.91. The van der Waals surface area contributed by atoms with Crippen molar-refractivity contribution in [3.63, 3.8) is 0 Å². The maximum atomic E-state index is 10.3. The number of hydrogen-bond acceptors (Lipinski definition) is 5. The van der Waals surface area contributed by atoms with E-state index in [0.717, 1.165) is 6.29 Å². The summed E-state index contributed by atoms with van der Waals surface area (Å²) in [5, 5.41) is 0. The van der Waals surface area contributed by atoms with Gasteiger partial charge in [-0.3, -0.25) is 4.79 Å². The van der Waals surface area contributed by atoms with Crippen LogP contribution < -0.4 is 4.74 Å². The summed E-state index contributed by atoms with van der Waals surface area (Å²) < 4.78 is 5.54. The van der Waals surface area contributed by atoms with Crippen LogP contribution in [0.4, 0.5) is 0 Å². The zero-order valence-electron chi connectivity index (χ0n) is 5.12. The largest absolute Gasteiger partial charge is 0.493 e. The Kier molecular flexibility index (Phi) is 2.53. The van der Waals surface area contributed by atoms with Gasteiger partial charge in [-0.1, -0.05) is 32.9 Å². The summed E-state index contributed by atoms with van der Waals surface area (Å²) in [7, 11) is 4.24. The van der Waals surface area contributed by atoms with Crippen LogP contribution in [-0.4, -0.2) is 13.4 Å². The highest BCUT2D eigenvalue weighted by Gasteiger charge is 2.05. The number of carbonyl (C=O) groups is 1. The Morgan fingerprint density at radius 2 is 2.30 bits per heavy atom. The molecular weight excluding hydrogens is 188 g/mol. The van der Waals surface area contributed by atoms with E-state index in [-0.39, 0.29) is 0 Å². The fourth-order valence-electron chi connectivity index (χ4n) is 0.516. The van der Waals surface area contributed by atoms with Crippen molar-refractivity contribution in [2.75, 3.05) is 7.11 Å². The van der Waals surface area contributed by atoms with Gasteiger partial charge in [-0.05, 0) is 0 Å². The van der Waals surface area contributed by atoms with Crippen LogP contribution in [0.15, 0.2) is 0 Å². The van der Waals surface area contributed by atoms with E-state index in [9.17, 15) is 4.79 Å². The summed E-state index contributed by atoms with van der Waals surface area (Å²) in [6.45, 7) is 0. The average Bonchev–Trinajstić information content (AvgIpc) is 2.30. The van der Waals surface area contributed by atoms with Crippen LogP contribution in [0.2, 0.25) is 0 Å². The molecule has 0 atom stereocenters. The van der Waals surface area contributed by atoms with Gasteiger partial charge in [0.2, 0.25) is 0 Å². The number of carbonyl (C=O) groups excluding carboxylic acids is 1. The van der Waals surface area contributed by atoms with Crippen molar-refractivity contribution in [1.29, 1.82) is 0 Å². The monoisotopic (exact) mass is 192 g/mol. The van der Waals surface area contributed by atoms with Crippen LogP contribution in [0.25, 0.3) is 0 Å². The number of rotatable bonds is 2. The first kappa shape index (κ1) is 7.84. The third kappa shape index (κ3) is 1.25. The molecule has 54 valence electrons. The molecule has 0 aliphatic carbocycles. The first-order valence-electron chi connectivity index (χ1n) is 2.42. The minimum atomic E-state index is 0.542. The second-order valence-corrected chi connectivity index (χ2v) is 4.32. The van der Waals surface area contributed by atoms with E-state index in [1.165, 1.54) is 27.8 Å². The molecule has 0 saturated heterocycles. The molecular formula is C5H4O2S3. The Morgan fingerprint density at radius 3 is 2.70 bits per heavy atom. The summed E-state index contributed by atoms with van der Waals surface area (Å²) in [5.41, 5.74) is 0. The molecule has 1 rings (SSSR count). The molecule has 0 amide bonds. The quantitative estimate of drug-likeness (QED) is 0.409. The van der Waals surface area contributed by atoms with E-state index < -0.39 is 0 Å². The van der Waals surface area contributed by atoms with Crippen LogP contribution in [0.1, 0.15) is 9.67 Å². The van der Waals surface area contributed by atoms with Gasteiger partial charge >= 0.3 is 0 Å². The fourth-order valence-corrected chi connectivity index (χ4v) is 2.95. The standard InChI is InChI=1S/C5H4O2S3/c1-7-4-3(2-6)9-10-5(4)8/h2H,1H3. The van der Waals surface area contributed by atoms with Crippen molar-refractivity contribution < 1.29 is 9.53 Å². The predicted molar refractivity (Wildman–Crippen MR) is 45.0 cm³/mol. The van der Waals surface area contributed by atoms with Crippen molar-refractivity contribution in [1.82, 2.24) is 0 Å². The van der Waals surface area contributed by atoms with Crippen molar-refractivity contribution in [3.8, 4) is 5.75 Å². The van der Waals surface area contributed by atoms with Gasteiger partial charge in [-0.15, -0.1) is 0 Å². The van der Waals surface area contributed by atoms with E-state index in [0.29, 0.717) is 14.5 Å². The van der Waals surface area contributed by atoms with Crippen LogP contribution in [0.3, 0.4) is 0 Å². The molecule has 0 radical (unpaired) electrons. The third-order valence-electron chi connectivity index (χ3n) is 0.927. The molecule has 2 nitrogen and oxygen atoms in total. The van der Waals surface area contributed by atoms with Gasteiger partial charge < -0.3 is 4.74 Å². The second kappa shape index (κ2) is 3.23. The highest BCUT2D eigenvalue weighted by atomic mass is 32.9. The van der Waals surface area contributed by atoms with Gasteiger partial charge in [0.15, 0.2) is 12.0 Å². The van der Waals surface area contributed by atoms with Crippen LogP contribution >= 0.6 is 32.9 Å². The minimum absolute atomic E-state index is 0.542. The number of hydrogen-bond donors (Lipinski definition) is 0. The van der Waals surface area contributed by atoms with E-state index in [4.69, 9.17) is 17.0 Å². The van der Waals surface area contributed by atoms with Crippen molar-refractivity contribution in [3.05, 3.63) is 8.70 Å². The predicted octanol–water partition coefficient (Wildman–Crippen LogP) is 2.36.